The number of carbonyl (C=O) groups is 2. The maximum Gasteiger partial charge on any atom is 0.246 e. The van der Waals surface area contributed by atoms with Crippen LogP contribution in [0.1, 0.15) is 24.8 Å². The number of piperidine rings is 1. The van der Waals surface area contributed by atoms with Crippen LogP contribution in [-0.4, -0.2) is 43.0 Å². The molecule has 1 aromatic carbocycles. The number of likely N-dealkylation sites (tertiary alicyclic amines) is 1. The van der Waals surface area contributed by atoms with Gasteiger partial charge in [0.05, 0.1) is 13.2 Å². The number of benzene rings is 1. The molecule has 0 aliphatic carbocycles. The van der Waals surface area contributed by atoms with E-state index in [0.29, 0.717) is 25.9 Å². The van der Waals surface area contributed by atoms with Crippen LogP contribution in [0, 0.1) is 11.3 Å². The first kappa shape index (κ1) is 17.5. The second kappa shape index (κ2) is 8.73. The van der Waals surface area contributed by atoms with E-state index >= 15 is 0 Å². The number of carbonyl (C=O) groups excluding carboxylic acids is 2. The van der Waals surface area contributed by atoms with Crippen LogP contribution in [0.15, 0.2) is 30.3 Å². The summed E-state index contributed by atoms with van der Waals surface area (Å²) in [5.74, 6) is 0.494. The molecular formula is C18H21N3O3. The van der Waals surface area contributed by atoms with Gasteiger partial charge in [-0.1, -0.05) is 12.1 Å². The zero-order valence-electron chi connectivity index (χ0n) is 13.7. The Hall–Kier alpha value is -2.81. The van der Waals surface area contributed by atoms with Gasteiger partial charge in [-0.05, 0) is 36.6 Å². The van der Waals surface area contributed by atoms with Crippen LogP contribution < -0.4 is 10.1 Å². The van der Waals surface area contributed by atoms with Gasteiger partial charge >= 0.3 is 0 Å². The molecule has 1 saturated heterocycles. The van der Waals surface area contributed by atoms with Crippen molar-refractivity contribution in [1.82, 2.24) is 10.2 Å². The number of methoxy groups -OCH3 is 1. The van der Waals surface area contributed by atoms with E-state index in [1.165, 1.54) is 0 Å². The predicted molar refractivity (Wildman–Crippen MR) is 90.0 cm³/mol. The van der Waals surface area contributed by atoms with Crippen LogP contribution in [0.3, 0.4) is 0 Å². The standard InChI is InChI=1S/C18H21N3O3/c1-24-16-5-2-14(3-6-16)4-7-18(23)21-12-9-15(10-13-21)20-17(22)8-11-19/h2-7,15H,8-10,12-13H2,1H3,(H,20,22)/b7-4+. The number of ether oxygens (including phenoxy) is 1. The number of rotatable bonds is 5. The summed E-state index contributed by atoms with van der Waals surface area (Å²) in [5, 5.41) is 11.3. The van der Waals surface area contributed by atoms with Crippen molar-refractivity contribution in [3.05, 3.63) is 35.9 Å². The van der Waals surface area contributed by atoms with Crippen molar-refractivity contribution in [1.29, 1.82) is 5.26 Å². The van der Waals surface area contributed by atoms with Gasteiger partial charge in [-0.2, -0.15) is 5.26 Å². The van der Waals surface area contributed by atoms with Crippen LogP contribution in [-0.2, 0) is 9.59 Å². The van der Waals surface area contributed by atoms with E-state index in [1.807, 2.05) is 30.3 Å². The maximum atomic E-state index is 12.2. The minimum Gasteiger partial charge on any atom is -0.497 e. The lowest BCUT2D eigenvalue weighted by atomic mass is 10.0. The van der Waals surface area contributed by atoms with E-state index in [0.717, 1.165) is 11.3 Å². The molecule has 0 unspecified atom stereocenters. The predicted octanol–water partition coefficient (Wildman–Crippen LogP) is 1.73. The van der Waals surface area contributed by atoms with E-state index in [2.05, 4.69) is 5.32 Å². The highest BCUT2D eigenvalue weighted by molar-refractivity contribution is 5.91. The van der Waals surface area contributed by atoms with Gasteiger partial charge in [-0.3, -0.25) is 9.59 Å². The van der Waals surface area contributed by atoms with Gasteiger partial charge in [0.15, 0.2) is 0 Å². The molecule has 1 aliphatic heterocycles. The fourth-order valence-electron chi connectivity index (χ4n) is 2.58. The lowest BCUT2D eigenvalue weighted by Gasteiger charge is -2.31. The number of nitriles is 1. The molecule has 0 aromatic heterocycles. The molecule has 0 bridgehead atoms. The fraction of sp³-hybridized carbons (Fsp3) is 0.389. The van der Waals surface area contributed by atoms with E-state index < -0.39 is 0 Å². The van der Waals surface area contributed by atoms with Gasteiger partial charge in [0.25, 0.3) is 0 Å². The molecule has 1 heterocycles. The Kier molecular flexibility index (Phi) is 6.38. The number of hydrogen-bond donors (Lipinski definition) is 1. The monoisotopic (exact) mass is 327 g/mol. The third-order valence-corrected chi connectivity index (χ3v) is 3.95. The molecule has 0 spiro atoms. The molecular weight excluding hydrogens is 306 g/mol. The number of nitrogens with one attached hydrogen (secondary N) is 1. The summed E-state index contributed by atoms with van der Waals surface area (Å²) in [6, 6.07) is 9.34. The van der Waals surface area contributed by atoms with Crippen molar-refractivity contribution in [3.8, 4) is 11.8 Å². The third-order valence-electron chi connectivity index (χ3n) is 3.95. The van der Waals surface area contributed by atoms with Crippen molar-refractivity contribution in [2.75, 3.05) is 20.2 Å². The zero-order valence-corrected chi connectivity index (χ0v) is 13.7. The Balaban J connectivity index is 1.80. The Morgan fingerprint density at radius 1 is 1.33 bits per heavy atom. The molecule has 0 radical (unpaired) electrons. The number of hydrogen-bond acceptors (Lipinski definition) is 4. The van der Waals surface area contributed by atoms with Gasteiger partial charge in [0.2, 0.25) is 11.8 Å². The zero-order chi connectivity index (χ0) is 17.4. The lowest BCUT2D eigenvalue weighted by Crippen LogP contribution is -2.46. The van der Waals surface area contributed by atoms with Gasteiger partial charge in [0, 0.05) is 25.2 Å². The molecule has 0 saturated carbocycles. The molecule has 6 nitrogen and oxygen atoms in total. The Labute approximate surface area is 141 Å². The van der Waals surface area contributed by atoms with Crippen LogP contribution in [0.2, 0.25) is 0 Å². The minimum atomic E-state index is -0.248. The van der Waals surface area contributed by atoms with Crippen LogP contribution in [0.5, 0.6) is 5.75 Å². The molecule has 1 N–H and O–H groups in total. The molecule has 1 fully saturated rings. The summed E-state index contributed by atoms with van der Waals surface area (Å²) in [4.78, 5) is 25.4. The van der Waals surface area contributed by atoms with Crippen LogP contribution in [0.4, 0.5) is 0 Å². The molecule has 126 valence electrons. The average molecular weight is 327 g/mol. The van der Waals surface area contributed by atoms with Crippen molar-refractivity contribution in [3.63, 3.8) is 0 Å². The Morgan fingerprint density at radius 3 is 2.58 bits per heavy atom. The second-order valence-electron chi connectivity index (χ2n) is 5.61. The van der Waals surface area contributed by atoms with E-state index in [-0.39, 0.29) is 24.3 Å². The van der Waals surface area contributed by atoms with Gasteiger partial charge in [-0.15, -0.1) is 0 Å². The smallest absolute Gasteiger partial charge is 0.246 e. The van der Waals surface area contributed by atoms with Crippen molar-refractivity contribution < 1.29 is 14.3 Å². The highest BCUT2D eigenvalue weighted by atomic mass is 16.5. The molecule has 2 amide bonds. The Morgan fingerprint density at radius 2 is 2.00 bits per heavy atom. The molecule has 1 aliphatic rings. The van der Waals surface area contributed by atoms with Gasteiger partial charge in [-0.25, -0.2) is 0 Å². The summed E-state index contributed by atoms with van der Waals surface area (Å²) < 4.78 is 5.10. The minimum absolute atomic E-state index is 0.0346. The number of nitrogens with zero attached hydrogens (tertiary/aromatic N) is 2. The van der Waals surface area contributed by atoms with E-state index in [9.17, 15) is 9.59 Å². The topological polar surface area (TPSA) is 82.4 Å². The summed E-state index contributed by atoms with van der Waals surface area (Å²) >= 11 is 0. The highest BCUT2D eigenvalue weighted by Gasteiger charge is 2.22. The maximum absolute atomic E-state index is 12.2. The first-order valence-electron chi connectivity index (χ1n) is 7.89. The summed E-state index contributed by atoms with van der Waals surface area (Å²) in [7, 11) is 1.61. The summed E-state index contributed by atoms with van der Waals surface area (Å²) in [6.07, 6.45) is 4.64. The van der Waals surface area contributed by atoms with Crippen molar-refractivity contribution >= 4 is 17.9 Å². The van der Waals surface area contributed by atoms with E-state index in [1.54, 1.807) is 24.2 Å². The first-order valence-corrected chi connectivity index (χ1v) is 7.89. The Bertz CT molecular complexity index is 638. The van der Waals surface area contributed by atoms with E-state index in [4.69, 9.17) is 10.00 Å². The summed E-state index contributed by atoms with van der Waals surface area (Å²) in [5.41, 5.74) is 0.933. The van der Waals surface area contributed by atoms with Gasteiger partial charge in [0.1, 0.15) is 12.2 Å². The van der Waals surface area contributed by atoms with Crippen molar-refractivity contribution in [2.24, 2.45) is 0 Å². The second-order valence-corrected chi connectivity index (χ2v) is 5.61. The quantitative estimate of drug-likeness (QED) is 0.835. The van der Waals surface area contributed by atoms with Crippen LogP contribution in [0.25, 0.3) is 6.08 Å². The van der Waals surface area contributed by atoms with Gasteiger partial charge < -0.3 is 15.0 Å². The fourth-order valence-corrected chi connectivity index (χ4v) is 2.58. The first-order chi connectivity index (χ1) is 11.6. The normalized spacial score (nSPS) is 15.1. The molecule has 0 atom stereocenters. The molecule has 6 heteroatoms. The SMILES string of the molecule is COc1ccc(/C=C/C(=O)N2CCC(NC(=O)CC#N)CC2)cc1. The largest absolute Gasteiger partial charge is 0.497 e. The van der Waals surface area contributed by atoms with Crippen LogP contribution >= 0.6 is 0 Å². The number of amides is 2. The molecule has 24 heavy (non-hydrogen) atoms. The lowest BCUT2D eigenvalue weighted by molar-refractivity contribution is -0.127. The average Bonchev–Trinajstić information content (AvgIpc) is 2.61. The highest BCUT2D eigenvalue weighted by Crippen LogP contribution is 2.14. The molecule has 1 aromatic rings. The summed E-state index contributed by atoms with van der Waals surface area (Å²) in [6.45, 7) is 1.20. The third kappa shape index (κ3) is 5.13. The van der Waals surface area contributed by atoms with Crippen molar-refractivity contribution in [2.45, 2.75) is 25.3 Å². The molecule has 2 rings (SSSR count).